The summed E-state index contributed by atoms with van der Waals surface area (Å²) in [5.41, 5.74) is -5.96. The molecule has 0 spiro atoms. The minimum Gasteiger partial charge on any atom is -0.277 e. The minimum absolute atomic E-state index is 0.000308. The van der Waals surface area contributed by atoms with Crippen LogP contribution in [0.3, 0.4) is 0 Å². The lowest BCUT2D eigenvalue weighted by Gasteiger charge is -2.34. The van der Waals surface area contributed by atoms with E-state index < -0.39 is 40.7 Å². The van der Waals surface area contributed by atoms with Crippen LogP contribution in [0.4, 0.5) is 26.3 Å². The number of nitrogens with zero attached hydrogens (tertiary/aromatic N) is 1. The molecule has 1 aromatic rings. The zero-order valence-electron chi connectivity index (χ0n) is 11.3. The molecule has 2 amide bonds. The van der Waals surface area contributed by atoms with Crippen molar-refractivity contribution in [1.82, 2.24) is 4.90 Å². The third-order valence-corrected chi connectivity index (χ3v) is 3.80. The van der Waals surface area contributed by atoms with Crippen LogP contribution in [-0.2, 0) is 5.41 Å². The monoisotopic (exact) mass is 325 g/mol. The quantitative estimate of drug-likeness (QED) is 0.587. The molecule has 0 fully saturated rings. The molecule has 0 N–H and O–H groups in total. The van der Waals surface area contributed by atoms with Gasteiger partial charge in [0.15, 0.2) is 5.41 Å². The van der Waals surface area contributed by atoms with Crippen LogP contribution in [0.2, 0.25) is 0 Å². The third kappa shape index (κ3) is 1.98. The van der Waals surface area contributed by atoms with Gasteiger partial charge in [-0.25, -0.2) is 0 Å². The van der Waals surface area contributed by atoms with E-state index in [9.17, 15) is 35.9 Å². The van der Waals surface area contributed by atoms with Gasteiger partial charge in [0, 0.05) is 7.05 Å². The number of benzene rings is 1. The van der Waals surface area contributed by atoms with Gasteiger partial charge in [-0.15, -0.1) is 0 Å². The van der Waals surface area contributed by atoms with Crippen molar-refractivity contribution in [2.75, 3.05) is 7.05 Å². The summed E-state index contributed by atoms with van der Waals surface area (Å²) >= 11 is 0. The Hall–Kier alpha value is -2.06. The molecule has 0 aliphatic carbocycles. The smallest absolute Gasteiger partial charge is 0.277 e. The first kappa shape index (κ1) is 16.3. The first-order chi connectivity index (χ1) is 9.82. The second kappa shape index (κ2) is 4.47. The maximum atomic E-state index is 13.0. The van der Waals surface area contributed by atoms with Crippen LogP contribution in [0.5, 0.6) is 0 Å². The minimum atomic E-state index is -5.61. The Labute approximate surface area is 120 Å². The first-order valence-electron chi connectivity index (χ1n) is 5.92. The van der Waals surface area contributed by atoms with E-state index in [1.165, 1.54) is 0 Å². The summed E-state index contributed by atoms with van der Waals surface area (Å²) in [6, 6.07) is 1.87. The molecule has 3 nitrogen and oxygen atoms in total. The van der Waals surface area contributed by atoms with Gasteiger partial charge in [0.05, 0.1) is 11.1 Å². The maximum Gasteiger partial charge on any atom is 0.406 e. The molecule has 1 aliphatic heterocycles. The molecule has 0 saturated carbocycles. The Balaban J connectivity index is 2.69. The molecule has 120 valence electrons. The number of carbonyl (C=O) groups excluding carboxylic acids is 2. The molecular weight excluding hydrogens is 316 g/mol. The number of rotatable bonds is 1. The zero-order chi connectivity index (χ0) is 17.1. The van der Waals surface area contributed by atoms with E-state index in [4.69, 9.17) is 0 Å². The lowest BCUT2D eigenvalue weighted by molar-refractivity contribution is -0.297. The van der Waals surface area contributed by atoms with Crippen LogP contribution in [0.1, 0.15) is 33.2 Å². The number of halogens is 6. The summed E-state index contributed by atoms with van der Waals surface area (Å²) in [4.78, 5) is 24.0. The lowest BCUT2D eigenvalue weighted by atomic mass is 9.80. The largest absolute Gasteiger partial charge is 0.406 e. The molecule has 0 unspecified atom stereocenters. The van der Waals surface area contributed by atoms with Crippen molar-refractivity contribution in [3.8, 4) is 0 Å². The predicted octanol–water partition coefficient (Wildman–Crippen LogP) is 3.29. The average molecular weight is 325 g/mol. The highest BCUT2D eigenvalue weighted by atomic mass is 19.4. The van der Waals surface area contributed by atoms with Gasteiger partial charge in [0.1, 0.15) is 0 Å². The third-order valence-electron chi connectivity index (χ3n) is 3.80. The Bertz CT molecular complexity index is 647. The summed E-state index contributed by atoms with van der Waals surface area (Å²) in [7, 11) is 1.09. The van der Waals surface area contributed by atoms with Crippen LogP contribution in [-0.4, -0.2) is 36.1 Å². The van der Waals surface area contributed by atoms with Gasteiger partial charge < -0.3 is 0 Å². The summed E-state index contributed by atoms with van der Waals surface area (Å²) in [6.07, 6.45) is -11.2. The van der Waals surface area contributed by atoms with Crippen molar-refractivity contribution in [2.24, 2.45) is 0 Å². The molecule has 0 bridgehead atoms. The van der Waals surface area contributed by atoms with Crippen LogP contribution >= 0.6 is 0 Å². The van der Waals surface area contributed by atoms with Crippen molar-refractivity contribution in [2.45, 2.75) is 24.7 Å². The first-order valence-corrected chi connectivity index (χ1v) is 5.92. The van der Waals surface area contributed by atoms with Gasteiger partial charge in [-0.05, 0) is 24.6 Å². The molecule has 0 atom stereocenters. The van der Waals surface area contributed by atoms with Crippen LogP contribution in [0.15, 0.2) is 18.2 Å². The number of amides is 2. The highest BCUT2D eigenvalue weighted by molar-refractivity contribution is 6.21. The highest BCUT2D eigenvalue weighted by Gasteiger charge is 2.68. The summed E-state index contributed by atoms with van der Waals surface area (Å²) < 4.78 is 78.0. The van der Waals surface area contributed by atoms with Crippen molar-refractivity contribution in [3.63, 3.8) is 0 Å². The van der Waals surface area contributed by atoms with Gasteiger partial charge in [-0.3, -0.25) is 14.5 Å². The molecule has 0 saturated heterocycles. The molecule has 0 aromatic heterocycles. The summed E-state index contributed by atoms with van der Waals surface area (Å²) in [5, 5.41) is 0. The fraction of sp³-hybridized carbons (Fsp3) is 0.385. The maximum absolute atomic E-state index is 13.0. The van der Waals surface area contributed by atoms with E-state index in [0.29, 0.717) is 17.0 Å². The Kier molecular flexibility index (Phi) is 3.31. The summed E-state index contributed by atoms with van der Waals surface area (Å²) in [5.74, 6) is -1.71. The number of imide groups is 1. The van der Waals surface area contributed by atoms with Crippen molar-refractivity contribution in [1.29, 1.82) is 0 Å². The number of hydrogen-bond donors (Lipinski definition) is 0. The normalized spacial score (nSPS) is 16.3. The van der Waals surface area contributed by atoms with Crippen molar-refractivity contribution >= 4 is 11.8 Å². The molecule has 1 heterocycles. The molecule has 1 aliphatic rings. The Morgan fingerprint density at radius 1 is 0.864 bits per heavy atom. The number of alkyl halides is 6. The fourth-order valence-electron chi connectivity index (χ4n) is 2.16. The average Bonchev–Trinajstić information content (AvgIpc) is 2.60. The molecule has 9 heteroatoms. The second-order valence-corrected chi connectivity index (χ2v) is 5.05. The van der Waals surface area contributed by atoms with Gasteiger partial charge in [0.2, 0.25) is 0 Å². The van der Waals surface area contributed by atoms with E-state index in [-0.39, 0.29) is 12.5 Å². The zero-order valence-corrected chi connectivity index (χ0v) is 11.3. The van der Waals surface area contributed by atoms with E-state index in [1.54, 1.807) is 0 Å². The van der Waals surface area contributed by atoms with Crippen molar-refractivity contribution in [3.05, 3.63) is 34.9 Å². The van der Waals surface area contributed by atoms with Gasteiger partial charge in [-0.2, -0.15) is 26.3 Å². The van der Waals surface area contributed by atoms with Gasteiger partial charge in [0.25, 0.3) is 11.8 Å². The molecular formula is C13H9F6NO2. The van der Waals surface area contributed by atoms with E-state index in [1.807, 2.05) is 0 Å². The Morgan fingerprint density at radius 2 is 1.32 bits per heavy atom. The number of carbonyl (C=O) groups is 2. The van der Waals surface area contributed by atoms with Gasteiger partial charge >= 0.3 is 12.4 Å². The topological polar surface area (TPSA) is 37.4 Å². The molecule has 1 aromatic carbocycles. The number of fused-ring (bicyclic) bond motifs is 1. The van der Waals surface area contributed by atoms with Crippen molar-refractivity contribution < 1.29 is 35.9 Å². The Morgan fingerprint density at radius 3 is 1.77 bits per heavy atom. The van der Waals surface area contributed by atoms with Crippen LogP contribution in [0, 0.1) is 0 Å². The van der Waals surface area contributed by atoms with Crippen LogP contribution < -0.4 is 0 Å². The SMILES string of the molecule is CN1C(=O)c2ccc(C(C)(C(F)(F)F)C(F)(F)F)cc2C1=O. The van der Waals surface area contributed by atoms with Gasteiger partial charge in [-0.1, -0.05) is 6.07 Å². The number of hydrogen-bond acceptors (Lipinski definition) is 2. The summed E-state index contributed by atoms with van der Waals surface area (Å²) in [6.45, 7) is -0.000308. The van der Waals surface area contributed by atoms with E-state index in [0.717, 1.165) is 13.1 Å². The van der Waals surface area contributed by atoms with E-state index >= 15 is 0 Å². The second-order valence-electron chi connectivity index (χ2n) is 5.05. The highest BCUT2D eigenvalue weighted by Crippen LogP contribution is 2.52. The van der Waals surface area contributed by atoms with Crippen LogP contribution in [0.25, 0.3) is 0 Å². The standard InChI is InChI=1S/C13H9F6NO2/c1-11(12(14,15)16,13(17,18)19)6-3-4-7-8(5-6)10(22)20(2)9(7)21/h3-5H,1-2H3. The predicted molar refractivity (Wildman–Crippen MR) is 62.3 cm³/mol. The molecule has 22 heavy (non-hydrogen) atoms. The lowest BCUT2D eigenvalue weighted by Crippen LogP contribution is -2.51. The fourth-order valence-corrected chi connectivity index (χ4v) is 2.16. The molecule has 0 radical (unpaired) electrons. The molecule has 2 rings (SSSR count). The van der Waals surface area contributed by atoms with E-state index in [2.05, 4.69) is 0 Å².